The highest BCUT2D eigenvalue weighted by Gasteiger charge is 2.08. The minimum atomic E-state index is -0.733. The first-order valence-corrected chi connectivity index (χ1v) is 5.99. The summed E-state index contributed by atoms with van der Waals surface area (Å²) < 4.78 is 0. The van der Waals surface area contributed by atoms with E-state index in [1.807, 2.05) is 19.9 Å². The lowest BCUT2D eigenvalue weighted by Crippen LogP contribution is -2.22. The van der Waals surface area contributed by atoms with Crippen LogP contribution < -0.4 is 11.0 Å². The monoisotopic (exact) mass is 245 g/mol. The summed E-state index contributed by atoms with van der Waals surface area (Å²) in [4.78, 5) is 25.5. The number of fused-ring (bicyclic) bond motifs is 1. The molecule has 4 nitrogen and oxygen atoms in total. The molecule has 1 heterocycles. The summed E-state index contributed by atoms with van der Waals surface area (Å²) in [5.74, 6) is -0.146. The van der Waals surface area contributed by atoms with Gasteiger partial charge >= 0.3 is 0 Å². The summed E-state index contributed by atoms with van der Waals surface area (Å²) in [5, 5.41) is 10.5. The van der Waals surface area contributed by atoms with E-state index in [4.69, 9.17) is 0 Å². The van der Waals surface area contributed by atoms with Gasteiger partial charge in [0.15, 0.2) is 0 Å². The Hall–Kier alpha value is -2.10. The van der Waals surface area contributed by atoms with Crippen LogP contribution in [0.4, 0.5) is 0 Å². The maximum atomic E-state index is 11.5. The predicted octanol–water partition coefficient (Wildman–Crippen LogP) is 1.72. The van der Waals surface area contributed by atoms with Gasteiger partial charge in [-0.2, -0.15) is 0 Å². The van der Waals surface area contributed by atoms with Crippen LogP contribution in [0.1, 0.15) is 25.0 Å². The molecule has 0 aliphatic carbocycles. The van der Waals surface area contributed by atoms with Crippen molar-refractivity contribution < 1.29 is 5.11 Å². The van der Waals surface area contributed by atoms with Crippen molar-refractivity contribution in [3.05, 3.63) is 49.9 Å². The zero-order valence-corrected chi connectivity index (χ0v) is 10.4. The molecular weight excluding hydrogens is 230 g/mol. The molecule has 1 aromatic carbocycles. The Kier molecular flexibility index (Phi) is 3.19. The van der Waals surface area contributed by atoms with Crippen LogP contribution in [0.15, 0.2) is 27.8 Å². The highest BCUT2D eigenvalue weighted by molar-refractivity contribution is 5.88. The van der Waals surface area contributed by atoms with Crippen molar-refractivity contribution in [2.75, 3.05) is 0 Å². The molecule has 0 aliphatic heterocycles. The number of hydrogen-bond acceptors (Lipinski definition) is 3. The third kappa shape index (κ3) is 2.01. The zero-order valence-electron chi connectivity index (χ0n) is 10.4. The molecular formula is C14H15NO3. The van der Waals surface area contributed by atoms with Crippen molar-refractivity contribution in [2.24, 2.45) is 0 Å². The first-order valence-electron chi connectivity index (χ1n) is 5.99. The first-order chi connectivity index (χ1) is 8.56. The number of benzene rings is 1. The second kappa shape index (κ2) is 4.64. The number of aromatic nitrogens is 1. The number of aromatic amines is 1. The zero-order chi connectivity index (χ0) is 13.3. The fraction of sp³-hybridized carbons (Fsp3) is 0.286. The summed E-state index contributed by atoms with van der Waals surface area (Å²) in [6.45, 7) is 3.98. The second-order valence-electron chi connectivity index (χ2n) is 4.23. The molecule has 0 aliphatic rings. The Bertz CT molecular complexity index is 716. The quantitative estimate of drug-likeness (QED) is 0.791. The smallest absolute Gasteiger partial charge is 0.296 e. The minimum absolute atomic E-state index is 0.146. The van der Waals surface area contributed by atoms with Gasteiger partial charge < -0.3 is 10.1 Å². The van der Waals surface area contributed by atoms with Gasteiger partial charge in [0.1, 0.15) is 5.75 Å². The van der Waals surface area contributed by atoms with Crippen molar-refractivity contribution in [3.63, 3.8) is 0 Å². The third-order valence-corrected chi connectivity index (χ3v) is 3.06. The Morgan fingerprint density at radius 1 is 1.11 bits per heavy atom. The maximum Gasteiger partial charge on any atom is 0.296 e. The van der Waals surface area contributed by atoms with Gasteiger partial charge in [-0.3, -0.25) is 9.59 Å². The van der Waals surface area contributed by atoms with Crippen LogP contribution in [0.5, 0.6) is 5.75 Å². The van der Waals surface area contributed by atoms with Crippen LogP contribution in [0.25, 0.3) is 10.9 Å². The Morgan fingerprint density at radius 2 is 1.83 bits per heavy atom. The van der Waals surface area contributed by atoms with E-state index in [1.165, 1.54) is 0 Å². The molecule has 1 aromatic heterocycles. The van der Waals surface area contributed by atoms with Gasteiger partial charge in [-0.1, -0.05) is 19.9 Å². The van der Waals surface area contributed by atoms with Gasteiger partial charge in [-0.05, 0) is 30.0 Å². The molecule has 18 heavy (non-hydrogen) atoms. The molecule has 0 spiro atoms. The lowest BCUT2D eigenvalue weighted by molar-refractivity contribution is 0.481. The van der Waals surface area contributed by atoms with Crippen LogP contribution in [-0.4, -0.2) is 10.1 Å². The van der Waals surface area contributed by atoms with Crippen LogP contribution in [0.2, 0.25) is 0 Å². The van der Waals surface area contributed by atoms with Gasteiger partial charge in [0.05, 0.1) is 5.52 Å². The number of rotatable bonds is 2. The van der Waals surface area contributed by atoms with Gasteiger partial charge in [-0.15, -0.1) is 0 Å². The van der Waals surface area contributed by atoms with Crippen LogP contribution in [0.3, 0.4) is 0 Å². The van der Waals surface area contributed by atoms with Crippen molar-refractivity contribution in [3.8, 4) is 5.75 Å². The molecule has 0 bridgehead atoms. The molecule has 0 fully saturated rings. The van der Waals surface area contributed by atoms with Crippen molar-refractivity contribution >= 4 is 10.9 Å². The molecule has 4 heteroatoms. The lowest BCUT2D eigenvalue weighted by atomic mass is 10.0. The fourth-order valence-corrected chi connectivity index (χ4v) is 2.10. The van der Waals surface area contributed by atoms with E-state index < -0.39 is 11.0 Å². The topological polar surface area (TPSA) is 70.2 Å². The number of nitrogens with one attached hydrogen (secondary N) is 1. The summed E-state index contributed by atoms with van der Waals surface area (Å²) in [7, 11) is 0. The molecule has 0 unspecified atom stereocenters. The van der Waals surface area contributed by atoms with E-state index >= 15 is 0 Å². The molecule has 0 atom stereocenters. The second-order valence-corrected chi connectivity index (χ2v) is 4.23. The molecule has 0 saturated carbocycles. The molecule has 0 saturated heterocycles. The number of H-pyrrole nitrogens is 1. The maximum absolute atomic E-state index is 11.5. The van der Waals surface area contributed by atoms with Crippen LogP contribution >= 0.6 is 0 Å². The number of hydrogen-bond donors (Lipinski definition) is 2. The normalized spacial score (nSPS) is 10.8. The predicted molar refractivity (Wildman–Crippen MR) is 71.3 cm³/mol. The Morgan fingerprint density at radius 3 is 2.44 bits per heavy atom. The first kappa shape index (κ1) is 12.4. The van der Waals surface area contributed by atoms with Crippen molar-refractivity contribution in [1.29, 1.82) is 0 Å². The highest BCUT2D eigenvalue weighted by atomic mass is 16.3. The van der Waals surface area contributed by atoms with E-state index in [-0.39, 0.29) is 5.75 Å². The molecule has 2 aromatic rings. The van der Waals surface area contributed by atoms with Crippen LogP contribution in [-0.2, 0) is 12.8 Å². The van der Waals surface area contributed by atoms with Gasteiger partial charge in [0, 0.05) is 11.5 Å². The summed E-state index contributed by atoms with van der Waals surface area (Å²) >= 11 is 0. The highest BCUT2D eigenvalue weighted by Crippen LogP contribution is 2.26. The Labute approximate surface area is 104 Å². The van der Waals surface area contributed by atoms with E-state index in [2.05, 4.69) is 4.98 Å². The average molecular weight is 245 g/mol. The summed E-state index contributed by atoms with van der Waals surface area (Å²) in [5.41, 5.74) is 1.05. The standard InChI is InChI=1S/C14H15NO3/c1-3-8-5-9(4-2)13-10(6-8)15-14(18)12(17)7-11(13)16/h5-7,16H,3-4H2,1-2H3,(H,15,17,18). The van der Waals surface area contributed by atoms with Crippen LogP contribution in [0, 0.1) is 0 Å². The molecule has 0 radical (unpaired) electrons. The van der Waals surface area contributed by atoms with Gasteiger partial charge in [0.2, 0.25) is 5.43 Å². The third-order valence-electron chi connectivity index (χ3n) is 3.06. The van der Waals surface area contributed by atoms with E-state index in [0.29, 0.717) is 10.9 Å². The van der Waals surface area contributed by atoms with Gasteiger partial charge in [0.25, 0.3) is 5.56 Å². The average Bonchev–Trinajstić information content (AvgIpc) is 2.46. The van der Waals surface area contributed by atoms with Gasteiger partial charge in [-0.25, -0.2) is 0 Å². The van der Waals surface area contributed by atoms with E-state index in [1.54, 1.807) is 6.07 Å². The Balaban J connectivity index is 3.05. The summed E-state index contributed by atoms with van der Waals surface area (Å²) in [6.07, 6.45) is 1.55. The SMILES string of the molecule is CCc1cc(CC)c2c(O)cc(=O)c(=O)[nH]c2c1. The van der Waals surface area contributed by atoms with Crippen molar-refractivity contribution in [2.45, 2.75) is 26.7 Å². The largest absolute Gasteiger partial charge is 0.507 e. The van der Waals surface area contributed by atoms with Crippen molar-refractivity contribution in [1.82, 2.24) is 4.98 Å². The lowest BCUT2D eigenvalue weighted by Gasteiger charge is -2.06. The molecule has 94 valence electrons. The van der Waals surface area contributed by atoms with E-state index in [0.717, 1.165) is 30.0 Å². The number of aryl methyl sites for hydroxylation is 2. The number of aromatic hydroxyl groups is 1. The summed E-state index contributed by atoms with van der Waals surface area (Å²) in [6, 6.07) is 4.77. The fourth-order valence-electron chi connectivity index (χ4n) is 2.10. The molecule has 2 N–H and O–H groups in total. The molecule has 0 amide bonds. The molecule has 2 rings (SSSR count). The minimum Gasteiger partial charge on any atom is -0.507 e. The van der Waals surface area contributed by atoms with E-state index in [9.17, 15) is 14.7 Å².